The molecule has 0 spiro atoms. The lowest BCUT2D eigenvalue weighted by molar-refractivity contribution is 0.151. The molecular weight excluding hydrogens is 210 g/mol. The first kappa shape index (κ1) is 10.7. The number of fused-ring (bicyclic) bond motifs is 1. The first-order valence-corrected chi connectivity index (χ1v) is 4.95. The third-order valence-electron chi connectivity index (χ3n) is 1.92. The highest BCUT2D eigenvalue weighted by molar-refractivity contribution is 5.43. The van der Waals surface area contributed by atoms with E-state index in [-0.39, 0.29) is 0 Å². The fourth-order valence-electron chi connectivity index (χ4n) is 1.23. The fourth-order valence-corrected chi connectivity index (χ4v) is 1.23. The van der Waals surface area contributed by atoms with Crippen molar-refractivity contribution in [1.29, 1.82) is 0 Å². The van der Waals surface area contributed by atoms with Crippen molar-refractivity contribution < 1.29 is 4.74 Å². The molecule has 8 nitrogen and oxygen atoms in total. The molecule has 0 atom stereocenters. The number of aromatic nitrogens is 5. The first-order valence-electron chi connectivity index (χ1n) is 4.95. The van der Waals surface area contributed by atoms with Crippen molar-refractivity contribution in [2.24, 2.45) is 5.73 Å². The van der Waals surface area contributed by atoms with E-state index < -0.39 is 0 Å². The molecule has 2 aromatic rings. The average molecular weight is 223 g/mol. The number of ether oxygens (including phenoxy) is 1. The number of nitrogens with one attached hydrogen (secondary N) is 1. The molecule has 86 valence electrons. The first-order chi connectivity index (χ1) is 7.92. The molecule has 0 aliphatic carbocycles. The maximum Gasteiger partial charge on any atom is 0.199 e. The zero-order valence-electron chi connectivity index (χ0n) is 8.70. The number of hydrogen-bond acceptors (Lipinski definition) is 7. The van der Waals surface area contributed by atoms with Gasteiger partial charge in [0.05, 0.1) is 25.6 Å². The molecular formula is C8H13N7O. The van der Waals surface area contributed by atoms with Gasteiger partial charge in [0.1, 0.15) is 5.82 Å². The minimum absolute atomic E-state index is 0.532. The molecule has 0 aromatic carbocycles. The summed E-state index contributed by atoms with van der Waals surface area (Å²) in [5.41, 5.74) is 5.90. The van der Waals surface area contributed by atoms with E-state index >= 15 is 0 Å². The van der Waals surface area contributed by atoms with E-state index in [1.54, 1.807) is 16.9 Å². The van der Waals surface area contributed by atoms with Gasteiger partial charge in [0.2, 0.25) is 0 Å². The highest BCUT2D eigenvalue weighted by atomic mass is 16.5. The highest BCUT2D eigenvalue weighted by Crippen LogP contribution is 2.04. The van der Waals surface area contributed by atoms with Crippen LogP contribution < -0.4 is 11.1 Å². The number of anilines is 1. The van der Waals surface area contributed by atoms with Crippen LogP contribution >= 0.6 is 0 Å². The zero-order valence-corrected chi connectivity index (χ0v) is 8.70. The van der Waals surface area contributed by atoms with Crippen LogP contribution in [-0.2, 0) is 4.74 Å². The van der Waals surface area contributed by atoms with Crippen molar-refractivity contribution in [3.05, 3.63) is 12.4 Å². The zero-order chi connectivity index (χ0) is 11.2. The Kier molecular flexibility index (Phi) is 3.57. The maximum atomic E-state index is 5.30. The third-order valence-corrected chi connectivity index (χ3v) is 1.92. The van der Waals surface area contributed by atoms with Crippen LogP contribution in [0.3, 0.4) is 0 Å². The van der Waals surface area contributed by atoms with Crippen molar-refractivity contribution in [3.63, 3.8) is 0 Å². The van der Waals surface area contributed by atoms with Gasteiger partial charge in [-0.05, 0) is 10.4 Å². The Morgan fingerprint density at radius 3 is 3.19 bits per heavy atom. The molecule has 0 radical (unpaired) electrons. The molecule has 2 aromatic heterocycles. The van der Waals surface area contributed by atoms with Gasteiger partial charge in [-0.3, -0.25) is 4.98 Å². The summed E-state index contributed by atoms with van der Waals surface area (Å²) in [6.07, 6.45) is 3.25. The van der Waals surface area contributed by atoms with Crippen molar-refractivity contribution >= 4 is 11.5 Å². The molecule has 0 unspecified atom stereocenters. The molecule has 0 amide bonds. The Labute approximate surface area is 91.8 Å². The Hall–Kier alpha value is -1.80. The normalized spacial score (nSPS) is 10.8. The lowest BCUT2D eigenvalue weighted by atomic mass is 10.6. The molecule has 3 N–H and O–H groups in total. The van der Waals surface area contributed by atoms with Crippen molar-refractivity contribution in [2.45, 2.75) is 0 Å². The van der Waals surface area contributed by atoms with Crippen LogP contribution in [0.2, 0.25) is 0 Å². The van der Waals surface area contributed by atoms with E-state index in [2.05, 4.69) is 25.8 Å². The Morgan fingerprint density at radius 1 is 1.38 bits per heavy atom. The Bertz CT molecular complexity index is 443. The van der Waals surface area contributed by atoms with Crippen molar-refractivity contribution in [3.8, 4) is 0 Å². The summed E-state index contributed by atoms with van der Waals surface area (Å²) in [5, 5.41) is 14.3. The molecule has 0 bridgehead atoms. The number of hydrogen-bond donors (Lipinski definition) is 2. The number of nitrogens with zero attached hydrogens (tertiary/aromatic N) is 5. The molecule has 8 heteroatoms. The van der Waals surface area contributed by atoms with Crippen molar-refractivity contribution in [1.82, 2.24) is 25.0 Å². The topological polar surface area (TPSA) is 103 Å². The third kappa shape index (κ3) is 2.41. The largest absolute Gasteiger partial charge is 0.378 e. The van der Waals surface area contributed by atoms with Crippen LogP contribution in [0.4, 0.5) is 5.82 Å². The van der Waals surface area contributed by atoms with Gasteiger partial charge in [0.15, 0.2) is 5.65 Å². The van der Waals surface area contributed by atoms with Crippen molar-refractivity contribution in [2.75, 3.05) is 31.6 Å². The van der Waals surface area contributed by atoms with Gasteiger partial charge in [0.25, 0.3) is 0 Å². The summed E-state index contributed by atoms with van der Waals surface area (Å²) in [5.74, 6) is 0.735. The molecule has 0 aliphatic heterocycles. The molecule has 0 saturated carbocycles. The Balaban J connectivity index is 1.91. The van der Waals surface area contributed by atoms with Crippen LogP contribution in [0.1, 0.15) is 0 Å². The molecule has 0 aliphatic rings. The summed E-state index contributed by atoms with van der Waals surface area (Å²) < 4.78 is 6.81. The van der Waals surface area contributed by atoms with Crippen LogP contribution in [0.15, 0.2) is 12.4 Å². The monoisotopic (exact) mass is 223 g/mol. The summed E-state index contributed by atoms with van der Waals surface area (Å²) in [4.78, 5) is 4.01. The summed E-state index contributed by atoms with van der Waals surface area (Å²) >= 11 is 0. The Morgan fingerprint density at radius 2 is 2.31 bits per heavy atom. The summed E-state index contributed by atoms with van der Waals surface area (Å²) in [6, 6.07) is 0. The van der Waals surface area contributed by atoms with E-state index in [4.69, 9.17) is 10.5 Å². The van der Waals surface area contributed by atoms with Crippen LogP contribution in [0, 0.1) is 0 Å². The van der Waals surface area contributed by atoms with Gasteiger partial charge in [-0.15, -0.1) is 5.10 Å². The summed E-state index contributed by atoms with van der Waals surface area (Å²) in [7, 11) is 0. The molecule has 2 rings (SSSR count). The lowest BCUT2D eigenvalue weighted by Crippen LogP contribution is -2.15. The van der Waals surface area contributed by atoms with E-state index in [9.17, 15) is 0 Å². The second-order valence-electron chi connectivity index (χ2n) is 3.07. The van der Waals surface area contributed by atoms with Gasteiger partial charge >= 0.3 is 0 Å². The number of tetrazole rings is 1. The van der Waals surface area contributed by atoms with Gasteiger partial charge in [-0.1, -0.05) is 0 Å². The quantitative estimate of drug-likeness (QED) is 0.599. The smallest absolute Gasteiger partial charge is 0.199 e. The van der Waals surface area contributed by atoms with E-state index in [1.165, 1.54) is 0 Å². The van der Waals surface area contributed by atoms with Crippen LogP contribution in [-0.4, -0.2) is 51.3 Å². The predicted molar refractivity (Wildman–Crippen MR) is 56.9 cm³/mol. The van der Waals surface area contributed by atoms with Crippen LogP contribution in [0.5, 0.6) is 0 Å². The number of nitrogens with two attached hydrogens (primary N) is 1. The van der Waals surface area contributed by atoms with Gasteiger partial charge in [-0.2, -0.15) is 4.52 Å². The van der Waals surface area contributed by atoms with Gasteiger partial charge in [0, 0.05) is 13.1 Å². The predicted octanol–water partition coefficient (Wildman–Crippen LogP) is -1.09. The van der Waals surface area contributed by atoms with Crippen LogP contribution in [0.25, 0.3) is 5.65 Å². The van der Waals surface area contributed by atoms with Gasteiger partial charge in [-0.25, -0.2) is 0 Å². The standard InChI is InChI=1S/C8H13N7O/c9-1-3-16-4-2-11-7-5-10-6-8-12-13-14-15(7)8/h5-6,11H,1-4,9H2. The van der Waals surface area contributed by atoms with E-state index in [0.29, 0.717) is 32.0 Å². The fraction of sp³-hybridized carbons (Fsp3) is 0.500. The molecule has 0 saturated heterocycles. The van der Waals surface area contributed by atoms with Gasteiger partial charge < -0.3 is 15.8 Å². The molecule has 0 fully saturated rings. The highest BCUT2D eigenvalue weighted by Gasteiger charge is 2.02. The minimum Gasteiger partial charge on any atom is -0.378 e. The summed E-state index contributed by atoms with van der Waals surface area (Å²) in [6.45, 7) is 2.33. The molecule has 16 heavy (non-hydrogen) atoms. The SMILES string of the molecule is NCCOCCNc1cncc2nnnn12. The van der Waals surface area contributed by atoms with E-state index in [0.717, 1.165) is 5.82 Å². The lowest BCUT2D eigenvalue weighted by Gasteiger charge is -2.06. The molecule has 2 heterocycles. The second kappa shape index (κ2) is 5.33. The maximum absolute atomic E-state index is 5.30. The minimum atomic E-state index is 0.532. The average Bonchev–Trinajstić information content (AvgIpc) is 2.77. The number of rotatable bonds is 6. The second-order valence-corrected chi connectivity index (χ2v) is 3.07. The van der Waals surface area contributed by atoms with E-state index in [1.807, 2.05) is 0 Å².